The molecule has 0 aliphatic carbocycles. The number of piperidine rings is 1. The molecule has 0 bridgehead atoms. The molecule has 1 aromatic rings. The van der Waals surface area contributed by atoms with Crippen LogP contribution < -0.4 is 5.48 Å². The van der Waals surface area contributed by atoms with E-state index in [1.807, 2.05) is 23.1 Å². The lowest BCUT2D eigenvalue weighted by Gasteiger charge is -2.33. The smallest absolute Gasteiger partial charge is 0.274 e. The molecule has 6 nitrogen and oxygen atoms in total. The summed E-state index contributed by atoms with van der Waals surface area (Å²) < 4.78 is 5.34. The zero-order chi connectivity index (χ0) is 17.5. The second-order valence-corrected chi connectivity index (χ2v) is 6.76. The fraction of sp³-hybridized carbons (Fsp3) is 0.579. The van der Waals surface area contributed by atoms with Gasteiger partial charge in [0.25, 0.3) is 5.91 Å². The first-order valence-electron chi connectivity index (χ1n) is 9.09. The summed E-state index contributed by atoms with van der Waals surface area (Å²) >= 11 is 0. The summed E-state index contributed by atoms with van der Waals surface area (Å²) in [6, 6.07) is 8.99. The SMILES string of the molecule is O=C(NOC1CCN(C(=O)CC2CCOCC2)CC1)c1ccccc1. The lowest BCUT2D eigenvalue weighted by Crippen LogP contribution is -2.43. The number of nitrogens with zero attached hydrogens (tertiary/aromatic N) is 1. The van der Waals surface area contributed by atoms with E-state index >= 15 is 0 Å². The number of carbonyl (C=O) groups excluding carboxylic acids is 2. The number of hydrogen-bond acceptors (Lipinski definition) is 4. The largest absolute Gasteiger partial charge is 0.381 e. The molecule has 25 heavy (non-hydrogen) atoms. The second kappa shape index (κ2) is 8.97. The standard InChI is InChI=1S/C19H26N2O4/c22-18(14-15-8-12-24-13-9-15)21-10-6-17(7-11-21)25-20-19(23)16-4-2-1-3-5-16/h1-5,15,17H,6-14H2,(H,20,23). The van der Waals surface area contributed by atoms with Gasteiger partial charge in [-0.05, 0) is 43.7 Å². The van der Waals surface area contributed by atoms with Crippen LogP contribution in [-0.2, 0) is 14.4 Å². The highest BCUT2D eigenvalue weighted by Crippen LogP contribution is 2.21. The molecule has 2 amide bonds. The average Bonchev–Trinajstić information content (AvgIpc) is 2.68. The molecule has 2 heterocycles. The van der Waals surface area contributed by atoms with Gasteiger partial charge in [-0.3, -0.25) is 14.4 Å². The van der Waals surface area contributed by atoms with Gasteiger partial charge in [0, 0.05) is 38.3 Å². The second-order valence-electron chi connectivity index (χ2n) is 6.76. The fourth-order valence-corrected chi connectivity index (χ4v) is 3.33. The van der Waals surface area contributed by atoms with Gasteiger partial charge in [0.05, 0.1) is 6.10 Å². The normalized spacial score (nSPS) is 19.6. The molecule has 0 atom stereocenters. The zero-order valence-corrected chi connectivity index (χ0v) is 14.5. The molecule has 0 saturated carbocycles. The van der Waals surface area contributed by atoms with Gasteiger partial charge in [-0.1, -0.05) is 18.2 Å². The number of nitrogens with one attached hydrogen (secondary N) is 1. The fourth-order valence-electron chi connectivity index (χ4n) is 3.33. The van der Waals surface area contributed by atoms with E-state index < -0.39 is 0 Å². The van der Waals surface area contributed by atoms with Gasteiger partial charge in [-0.25, -0.2) is 5.48 Å². The molecule has 2 aliphatic rings. The number of amides is 2. The first kappa shape index (κ1) is 17.9. The van der Waals surface area contributed by atoms with Crippen LogP contribution in [0.3, 0.4) is 0 Å². The third-order valence-corrected chi connectivity index (χ3v) is 4.95. The summed E-state index contributed by atoms with van der Waals surface area (Å²) in [7, 11) is 0. The summed E-state index contributed by atoms with van der Waals surface area (Å²) in [4.78, 5) is 31.8. The van der Waals surface area contributed by atoms with Crippen LogP contribution >= 0.6 is 0 Å². The Balaban J connectivity index is 1.36. The quantitative estimate of drug-likeness (QED) is 0.830. The lowest BCUT2D eigenvalue weighted by molar-refractivity contribution is -0.136. The van der Waals surface area contributed by atoms with Crippen molar-refractivity contribution < 1.29 is 19.2 Å². The molecular formula is C19H26N2O4. The van der Waals surface area contributed by atoms with Gasteiger partial charge in [0.2, 0.25) is 5.91 Å². The Morgan fingerprint density at radius 1 is 1.08 bits per heavy atom. The predicted octanol–water partition coefficient (Wildman–Crippen LogP) is 2.16. The Morgan fingerprint density at radius 2 is 1.76 bits per heavy atom. The maximum atomic E-state index is 12.4. The van der Waals surface area contributed by atoms with Gasteiger partial charge in [-0.15, -0.1) is 0 Å². The van der Waals surface area contributed by atoms with E-state index in [2.05, 4.69) is 5.48 Å². The predicted molar refractivity (Wildman–Crippen MR) is 92.8 cm³/mol. The van der Waals surface area contributed by atoms with Gasteiger partial charge >= 0.3 is 0 Å². The Labute approximate surface area is 148 Å². The monoisotopic (exact) mass is 346 g/mol. The van der Waals surface area contributed by atoms with Crippen molar-refractivity contribution in [3.05, 3.63) is 35.9 Å². The van der Waals surface area contributed by atoms with Gasteiger partial charge in [-0.2, -0.15) is 0 Å². The van der Waals surface area contributed by atoms with E-state index in [1.54, 1.807) is 12.1 Å². The minimum atomic E-state index is -0.237. The Morgan fingerprint density at radius 3 is 2.44 bits per heavy atom. The van der Waals surface area contributed by atoms with Crippen LogP contribution in [-0.4, -0.2) is 49.1 Å². The van der Waals surface area contributed by atoms with E-state index in [0.717, 1.165) is 38.9 Å². The Hall–Kier alpha value is -1.92. The number of hydrogen-bond donors (Lipinski definition) is 1. The maximum absolute atomic E-state index is 12.4. The summed E-state index contributed by atoms with van der Waals surface area (Å²) in [5.41, 5.74) is 3.10. The van der Waals surface area contributed by atoms with Crippen LogP contribution in [0.4, 0.5) is 0 Å². The van der Waals surface area contributed by atoms with Crippen LogP contribution in [0.15, 0.2) is 30.3 Å². The highest BCUT2D eigenvalue weighted by molar-refractivity contribution is 5.93. The molecule has 3 rings (SSSR count). The van der Waals surface area contributed by atoms with E-state index in [9.17, 15) is 9.59 Å². The molecule has 2 fully saturated rings. The minimum absolute atomic E-state index is 0.0419. The summed E-state index contributed by atoms with van der Waals surface area (Å²) in [6.07, 6.45) is 4.04. The highest BCUT2D eigenvalue weighted by atomic mass is 16.7. The molecule has 0 spiro atoms. The number of carbonyl (C=O) groups is 2. The number of hydroxylamine groups is 1. The summed E-state index contributed by atoms with van der Waals surface area (Å²) in [6.45, 7) is 2.92. The minimum Gasteiger partial charge on any atom is -0.381 e. The van der Waals surface area contributed by atoms with E-state index in [-0.39, 0.29) is 17.9 Å². The van der Waals surface area contributed by atoms with Crippen molar-refractivity contribution in [3.63, 3.8) is 0 Å². The number of benzene rings is 1. The topological polar surface area (TPSA) is 67.9 Å². The van der Waals surface area contributed by atoms with E-state index in [0.29, 0.717) is 31.0 Å². The van der Waals surface area contributed by atoms with Gasteiger partial charge in [0.1, 0.15) is 0 Å². The number of likely N-dealkylation sites (tertiary alicyclic amines) is 1. The molecule has 6 heteroatoms. The maximum Gasteiger partial charge on any atom is 0.274 e. The van der Waals surface area contributed by atoms with Crippen molar-refractivity contribution in [2.24, 2.45) is 5.92 Å². The molecule has 136 valence electrons. The van der Waals surface area contributed by atoms with Crippen LogP contribution in [0.1, 0.15) is 42.5 Å². The third-order valence-electron chi connectivity index (χ3n) is 4.95. The first-order valence-corrected chi connectivity index (χ1v) is 9.09. The van der Waals surface area contributed by atoms with Crippen LogP contribution in [0.2, 0.25) is 0 Å². The van der Waals surface area contributed by atoms with Gasteiger partial charge in [0.15, 0.2) is 0 Å². The lowest BCUT2D eigenvalue weighted by atomic mass is 9.95. The molecule has 1 N–H and O–H groups in total. The molecule has 2 aliphatic heterocycles. The average molecular weight is 346 g/mol. The summed E-state index contributed by atoms with van der Waals surface area (Å²) in [5, 5.41) is 0. The molecule has 0 radical (unpaired) electrons. The van der Waals surface area contributed by atoms with Crippen LogP contribution in [0, 0.1) is 5.92 Å². The first-order chi connectivity index (χ1) is 12.2. The highest BCUT2D eigenvalue weighted by Gasteiger charge is 2.26. The van der Waals surface area contributed by atoms with Crippen LogP contribution in [0.25, 0.3) is 0 Å². The molecular weight excluding hydrogens is 320 g/mol. The van der Waals surface area contributed by atoms with Crippen molar-refractivity contribution in [1.82, 2.24) is 10.4 Å². The summed E-state index contributed by atoms with van der Waals surface area (Å²) in [5.74, 6) is 0.456. The van der Waals surface area contributed by atoms with Crippen molar-refractivity contribution in [2.45, 2.75) is 38.2 Å². The molecule has 0 aromatic heterocycles. The van der Waals surface area contributed by atoms with Crippen molar-refractivity contribution in [2.75, 3.05) is 26.3 Å². The Kier molecular flexibility index (Phi) is 6.42. The Bertz CT molecular complexity index is 564. The van der Waals surface area contributed by atoms with Crippen molar-refractivity contribution in [3.8, 4) is 0 Å². The van der Waals surface area contributed by atoms with Gasteiger partial charge < -0.3 is 9.64 Å². The van der Waals surface area contributed by atoms with Crippen molar-refractivity contribution in [1.29, 1.82) is 0 Å². The van der Waals surface area contributed by atoms with E-state index in [4.69, 9.17) is 9.57 Å². The molecule has 2 saturated heterocycles. The number of ether oxygens (including phenoxy) is 1. The molecule has 1 aromatic carbocycles. The number of rotatable bonds is 5. The van der Waals surface area contributed by atoms with Crippen LogP contribution in [0.5, 0.6) is 0 Å². The molecule has 0 unspecified atom stereocenters. The zero-order valence-electron chi connectivity index (χ0n) is 14.5. The van der Waals surface area contributed by atoms with Crippen molar-refractivity contribution >= 4 is 11.8 Å². The third kappa shape index (κ3) is 5.28. The van der Waals surface area contributed by atoms with E-state index in [1.165, 1.54) is 0 Å².